The molecule has 4 heterocycles. The zero-order valence-corrected chi connectivity index (χ0v) is 27.7. The Labute approximate surface area is 259 Å². The van der Waals surface area contributed by atoms with E-state index in [1.54, 1.807) is 0 Å². The van der Waals surface area contributed by atoms with Crippen LogP contribution in [-0.2, 0) is 12.8 Å². The summed E-state index contributed by atoms with van der Waals surface area (Å²) < 4.78 is 0. The van der Waals surface area contributed by atoms with E-state index in [0.29, 0.717) is 0 Å². The van der Waals surface area contributed by atoms with E-state index in [0.717, 1.165) is 0 Å². The average Bonchev–Trinajstić information content (AvgIpc) is 3.77. The standard InChI is InChI=1S/C36H46S4/c1-3-5-7-9-11-13-15-29-17-19-31(37-29)21-23-33-25-27-35(39-33)36-28-26-34(40-36)24-22-32-20-18-30(38-32)16-14-12-10-8-6-4-2/h17-28H,3-16H2,1-2H3/b23-21+,24-22+. The Kier molecular flexibility index (Phi) is 14.0. The molecule has 0 bridgehead atoms. The van der Waals surface area contributed by atoms with Gasteiger partial charge in [0.05, 0.1) is 0 Å². The van der Waals surface area contributed by atoms with Crippen LogP contribution in [0.4, 0.5) is 0 Å². The topological polar surface area (TPSA) is 0 Å². The van der Waals surface area contributed by atoms with Gasteiger partial charge in [0.2, 0.25) is 0 Å². The first-order valence-corrected chi connectivity index (χ1v) is 18.7. The fourth-order valence-corrected chi connectivity index (χ4v) is 8.70. The van der Waals surface area contributed by atoms with E-state index < -0.39 is 0 Å². The van der Waals surface area contributed by atoms with Gasteiger partial charge in [0, 0.05) is 39.0 Å². The molecule has 4 aromatic heterocycles. The lowest BCUT2D eigenvalue weighted by molar-refractivity contribution is 0.609. The molecular weight excluding hydrogens is 561 g/mol. The molecule has 0 saturated heterocycles. The highest BCUT2D eigenvalue weighted by Gasteiger charge is 2.06. The van der Waals surface area contributed by atoms with Crippen LogP contribution in [0.1, 0.15) is 120 Å². The van der Waals surface area contributed by atoms with Crippen LogP contribution in [0.25, 0.3) is 34.1 Å². The Hall–Kier alpha value is -1.72. The van der Waals surface area contributed by atoms with Crippen LogP contribution in [0.3, 0.4) is 0 Å². The zero-order valence-electron chi connectivity index (χ0n) is 24.5. The quantitative estimate of drug-likeness (QED) is 0.0931. The normalized spacial score (nSPS) is 11.9. The minimum Gasteiger partial charge on any atom is -0.141 e. The fourth-order valence-electron chi connectivity index (χ4n) is 4.87. The van der Waals surface area contributed by atoms with Crippen molar-refractivity contribution in [2.75, 3.05) is 0 Å². The molecule has 0 nitrogen and oxygen atoms in total. The van der Waals surface area contributed by atoms with Crippen LogP contribution >= 0.6 is 45.3 Å². The second-order valence-corrected chi connectivity index (χ2v) is 15.3. The Morgan fingerprint density at radius 1 is 0.400 bits per heavy atom. The van der Waals surface area contributed by atoms with Crippen LogP contribution in [0.15, 0.2) is 48.5 Å². The maximum Gasteiger partial charge on any atom is 0.0449 e. The molecule has 0 N–H and O–H groups in total. The lowest BCUT2D eigenvalue weighted by Crippen LogP contribution is -1.82. The monoisotopic (exact) mass is 606 g/mol. The Morgan fingerprint density at radius 2 is 0.750 bits per heavy atom. The van der Waals surface area contributed by atoms with E-state index in [-0.39, 0.29) is 0 Å². The molecule has 0 spiro atoms. The summed E-state index contributed by atoms with van der Waals surface area (Å²) in [4.78, 5) is 11.1. The van der Waals surface area contributed by atoms with E-state index in [1.165, 1.54) is 129 Å². The summed E-state index contributed by atoms with van der Waals surface area (Å²) in [5, 5.41) is 0. The van der Waals surface area contributed by atoms with E-state index in [4.69, 9.17) is 0 Å². The molecular formula is C36H46S4. The molecule has 4 aromatic rings. The second-order valence-electron chi connectivity index (χ2n) is 10.7. The lowest BCUT2D eigenvalue weighted by atomic mass is 10.1. The Bertz CT molecular complexity index is 1190. The van der Waals surface area contributed by atoms with Crippen LogP contribution in [0, 0.1) is 0 Å². The first-order chi connectivity index (χ1) is 19.7. The maximum atomic E-state index is 2.32. The molecule has 0 saturated carbocycles. The van der Waals surface area contributed by atoms with Crippen molar-refractivity contribution in [1.29, 1.82) is 0 Å². The summed E-state index contributed by atoms with van der Waals surface area (Å²) >= 11 is 7.68. The highest BCUT2D eigenvalue weighted by atomic mass is 32.1. The lowest BCUT2D eigenvalue weighted by Gasteiger charge is -1.99. The summed E-state index contributed by atoms with van der Waals surface area (Å²) in [5.41, 5.74) is 0. The van der Waals surface area contributed by atoms with Crippen molar-refractivity contribution in [3.8, 4) is 9.75 Å². The summed E-state index contributed by atoms with van der Waals surface area (Å²) in [6.45, 7) is 4.57. The third kappa shape index (κ3) is 10.9. The van der Waals surface area contributed by atoms with Gasteiger partial charge >= 0.3 is 0 Å². The third-order valence-corrected chi connectivity index (χ3v) is 11.8. The number of rotatable bonds is 19. The minimum absolute atomic E-state index is 1.23. The van der Waals surface area contributed by atoms with Gasteiger partial charge < -0.3 is 0 Å². The van der Waals surface area contributed by atoms with Crippen molar-refractivity contribution in [3.63, 3.8) is 0 Å². The molecule has 0 aromatic carbocycles. The largest absolute Gasteiger partial charge is 0.141 e. The number of hydrogen-bond acceptors (Lipinski definition) is 4. The van der Waals surface area contributed by atoms with Gasteiger partial charge in [-0.1, -0.05) is 78.1 Å². The molecule has 214 valence electrons. The van der Waals surface area contributed by atoms with Crippen LogP contribution in [0.2, 0.25) is 0 Å². The van der Waals surface area contributed by atoms with Gasteiger partial charge in [-0.15, -0.1) is 45.3 Å². The third-order valence-electron chi connectivity index (χ3n) is 7.24. The van der Waals surface area contributed by atoms with Gasteiger partial charge in [-0.05, 0) is 98.5 Å². The number of hydrogen-bond donors (Lipinski definition) is 0. The summed E-state index contributed by atoms with van der Waals surface area (Å²) in [6, 6.07) is 18.3. The van der Waals surface area contributed by atoms with Gasteiger partial charge in [-0.3, -0.25) is 0 Å². The molecule has 40 heavy (non-hydrogen) atoms. The van der Waals surface area contributed by atoms with Crippen molar-refractivity contribution in [2.24, 2.45) is 0 Å². The molecule has 0 aliphatic rings. The van der Waals surface area contributed by atoms with Crippen molar-refractivity contribution in [3.05, 3.63) is 77.8 Å². The van der Waals surface area contributed by atoms with Gasteiger partial charge in [-0.2, -0.15) is 0 Å². The van der Waals surface area contributed by atoms with Crippen molar-refractivity contribution in [1.82, 2.24) is 0 Å². The molecule has 0 aliphatic carbocycles. The van der Waals surface area contributed by atoms with Crippen molar-refractivity contribution < 1.29 is 0 Å². The first-order valence-electron chi connectivity index (χ1n) is 15.5. The number of aryl methyl sites for hydroxylation is 2. The molecule has 0 fully saturated rings. The maximum absolute atomic E-state index is 2.32. The van der Waals surface area contributed by atoms with Gasteiger partial charge in [0.25, 0.3) is 0 Å². The molecule has 0 unspecified atom stereocenters. The van der Waals surface area contributed by atoms with E-state index in [1.807, 2.05) is 45.3 Å². The van der Waals surface area contributed by atoms with Gasteiger partial charge in [0.1, 0.15) is 0 Å². The van der Waals surface area contributed by atoms with E-state index in [9.17, 15) is 0 Å². The highest BCUT2D eigenvalue weighted by molar-refractivity contribution is 7.23. The zero-order chi connectivity index (χ0) is 27.8. The molecule has 0 atom stereocenters. The summed E-state index contributed by atoms with van der Waals surface area (Å²) in [6.07, 6.45) is 28.0. The minimum atomic E-state index is 1.23. The average molecular weight is 607 g/mol. The van der Waals surface area contributed by atoms with Crippen LogP contribution < -0.4 is 0 Å². The van der Waals surface area contributed by atoms with Crippen molar-refractivity contribution in [2.45, 2.75) is 104 Å². The first kappa shape index (κ1) is 31.2. The molecule has 0 radical (unpaired) electrons. The van der Waals surface area contributed by atoms with Crippen LogP contribution in [-0.4, -0.2) is 0 Å². The highest BCUT2D eigenvalue weighted by Crippen LogP contribution is 2.35. The van der Waals surface area contributed by atoms with Gasteiger partial charge in [-0.25, -0.2) is 0 Å². The molecule has 0 aliphatic heterocycles. The second kappa shape index (κ2) is 18.0. The molecule has 4 heteroatoms. The van der Waals surface area contributed by atoms with Crippen LogP contribution in [0.5, 0.6) is 0 Å². The van der Waals surface area contributed by atoms with E-state index >= 15 is 0 Å². The Balaban J connectivity index is 1.22. The van der Waals surface area contributed by atoms with E-state index in [2.05, 4.69) is 86.7 Å². The SMILES string of the molecule is CCCCCCCCc1ccc(/C=C/c2ccc(-c3ccc(/C=C/c4ccc(CCCCCCCC)s4)s3)s2)s1. The smallest absolute Gasteiger partial charge is 0.0449 e. The summed E-state index contributed by atoms with van der Waals surface area (Å²) in [5.74, 6) is 0. The van der Waals surface area contributed by atoms with Gasteiger partial charge in [0.15, 0.2) is 0 Å². The predicted octanol–water partition coefficient (Wildman–Crippen LogP) is 13.7. The Morgan fingerprint density at radius 3 is 1.18 bits per heavy atom. The molecule has 0 amide bonds. The predicted molar refractivity (Wildman–Crippen MR) is 188 cm³/mol. The van der Waals surface area contributed by atoms with Crippen molar-refractivity contribution >= 4 is 69.7 Å². The molecule has 4 rings (SSSR count). The number of unbranched alkanes of at least 4 members (excludes halogenated alkanes) is 10. The number of thiophene rings is 4. The summed E-state index contributed by atoms with van der Waals surface area (Å²) in [7, 11) is 0. The fraction of sp³-hybridized carbons (Fsp3) is 0.444.